The summed E-state index contributed by atoms with van der Waals surface area (Å²) in [5.74, 6) is -0.203. The molecule has 18 heavy (non-hydrogen) atoms. The molecular weight excluding hydrogens is 305 g/mol. The van der Waals surface area contributed by atoms with E-state index in [2.05, 4.69) is 21.2 Å². The third-order valence-electron chi connectivity index (χ3n) is 2.73. The first-order chi connectivity index (χ1) is 8.54. The Labute approximate surface area is 112 Å². The fourth-order valence-corrected chi connectivity index (χ4v) is 2.18. The van der Waals surface area contributed by atoms with Crippen LogP contribution < -0.4 is 10.1 Å². The minimum Gasteiger partial charge on any atom is -0.483 e. The standard InChI is InChI=1S/C12H13BrFNO3/c13-10-3-7(14)1-2-11(10)18-6-12(17)15-8-4-9(16)5-8/h1-3,8-9,16H,4-6H2,(H,15,17). The van der Waals surface area contributed by atoms with Gasteiger partial charge in [0.1, 0.15) is 11.6 Å². The molecular formula is C12H13BrFNO3. The highest BCUT2D eigenvalue weighted by Gasteiger charge is 2.28. The molecule has 0 unspecified atom stereocenters. The van der Waals surface area contributed by atoms with E-state index in [0.29, 0.717) is 23.1 Å². The van der Waals surface area contributed by atoms with Crippen molar-refractivity contribution in [2.24, 2.45) is 0 Å². The highest BCUT2D eigenvalue weighted by Crippen LogP contribution is 2.25. The van der Waals surface area contributed by atoms with Gasteiger partial charge in [0.15, 0.2) is 6.61 Å². The first kappa shape index (κ1) is 13.3. The van der Waals surface area contributed by atoms with E-state index in [1.165, 1.54) is 18.2 Å². The lowest BCUT2D eigenvalue weighted by atomic mass is 9.89. The number of ether oxygens (including phenoxy) is 1. The van der Waals surface area contributed by atoms with Gasteiger partial charge in [-0.1, -0.05) is 0 Å². The predicted molar refractivity (Wildman–Crippen MR) is 66.8 cm³/mol. The smallest absolute Gasteiger partial charge is 0.258 e. The van der Waals surface area contributed by atoms with Gasteiger partial charge in [-0.15, -0.1) is 0 Å². The summed E-state index contributed by atoms with van der Waals surface area (Å²) in [6.07, 6.45) is 0.875. The Hall–Kier alpha value is -1.14. The van der Waals surface area contributed by atoms with E-state index in [0.717, 1.165) is 0 Å². The van der Waals surface area contributed by atoms with Crippen LogP contribution in [0.4, 0.5) is 4.39 Å². The van der Waals surface area contributed by atoms with Crippen LogP contribution in [0.15, 0.2) is 22.7 Å². The molecule has 1 aliphatic rings. The molecule has 0 bridgehead atoms. The lowest BCUT2D eigenvalue weighted by Crippen LogP contribution is -2.48. The van der Waals surface area contributed by atoms with E-state index in [1.54, 1.807) is 0 Å². The quantitative estimate of drug-likeness (QED) is 0.887. The maximum Gasteiger partial charge on any atom is 0.258 e. The highest BCUT2D eigenvalue weighted by molar-refractivity contribution is 9.10. The van der Waals surface area contributed by atoms with Crippen LogP contribution in [0.3, 0.4) is 0 Å². The molecule has 0 aromatic heterocycles. The van der Waals surface area contributed by atoms with Crippen molar-refractivity contribution in [1.29, 1.82) is 0 Å². The zero-order chi connectivity index (χ0) is 13.1. The second kappa shape index (κ2) is 5.67. The van der Waals surface area contributed by atoms with Crippen LogP contribution in [0.25, 0.3) is 0 Å². The van der Waals surface area contributed by atoms with Gasteiger partial charge in [0, 0.05) is 6.04 Å². The van der Waals surface area contributed by atoms with Crippen LogP contribution in [0, 0.1) is 5.82 Å². The third-order valence-corrected chi connectivity index (χ3v) is 3.35. The van der Waals surface area contributed by atoms with Gasteiger partial charge in [-0.2, -0.15) is 0 Å². The number of rotatable bonds is 4. The second-order valence-corrected chi connectivity index (χ2v) is 5.11. The van der Waals surface area contributed by atoms with Gasteiger partial charge in [-0.05, 0) is 47.0 Å². The maximum absolute atomic E-state index is 12.8. The summed E-state index contributed by atoms with van der Waals surface area (Å²) in [5, 5.41) is 11.8. The monoisotopic (exact) mass is 317 g/mol. The number of hydrogen-bond acceptors (Lipinski definition) is 3. The first-order valence-electron chi connectivity index (χ1n) is 5.60. The molecule has 0 heterocycles. The topological polar surface area (TPSA) is 58.6 Å². The minimum atomic E-state index is -0.373. The lowest BCUT2D eigenvalue weighted by molar-refractivity contribution is -0.125. The average molecular weight is 318 g/mol. The number of hydrogen-bond donors (Lipinski definition) is 2. The normalized spacial score (nSPS) is 22.2. The molecule has 0 atom stereocenters. The molecule has 0 radical (unpaired) electrons. The lowest BCUT2D eigenvalue weighted by Gasteiger charge is -2.31. The van der Waals surface area contributed by atoms with E-state index < -0.39 is 0 Å². The van der Waals surface area contributed by atoms with Crippen molar-refractivity contribution in [2.75, 3.05) is 6.61 Å². The van der Waals surface area contributed by atoms with Crippen LogP contribution in [0.1, 0.15) is 12.8 Å². The van der Waals surface area contributed by atoms with Crippen molar-refractivity contribution in [3.05, 3.63) is 28.5 Å². The predicted octanol–water partition coefficient (Wildman–Crippen LogP) is 1.61. The van der Waals surface area contributed by atoms with Gasteiger partial charge in [0.05, 0.1) is 10.6 Å². The first-order valence-corrected chi connectivity index (χ1v) is 6.39. The van der Waals surface area contributed by atoms with Gasteiger partial charge in [-0.25, -0.2) is 4.39 Å². The molecule has 1 fully saturated rings. The molecule has 2 rings (SSSR count). The Bertz CT molecular complexity index is 449. The number of carbonyl (C=O) groups excluding carboxylic acids is 1. The van der Waals surface area contributed by atoms with Crippen LogP contribution in [0.5, 0.6) is 5.75 Å². The molecule has 0 spiro atoms. The van der Waals surface area contributed by atoms with Crippen molar-refractivity contribution in [2.45, 2.75) is 25.0 Å². The zero-order valence-electron chi connectivity index (χ0n) is 9.53. The van der Waals surface area contributed by atoms with Gasteiger partial charge < -0.3 is 15.2 Å². The molecule has 1 amide bonds. The number of aliphatic hydroxyl groups excluding tert-OH is 1. The Balaban J connectivity index is 1.78. The van der Waals surface area contributed by atoms with Crippen molar-refractivity contribution in [1.82, 2.24) is 5.32 Å². The molecule has 1 aromatic carbocycles. The van der Waals surface area contributed by atoms with Gasteiger partial charge in [0.2, 0.25) is 0 Å². The van der Waals surface area contributed by atoms with E-state index in [4.69, 9.17) is 9.84 Å². The van der Waals surface area contributed by atoms with Crippen LogP contribution in [0.2, 0.25) is 0 Å². The fraction of sp³-hybridized carbons (Fsp3) is 0.417. The van der Waals surface area contributed by atoms with E-state index >= 15 is 0 Å². The number of nitrogens with one attached hydrogen (secondary N) is 1. The van der Waals surface area contributed by atoms with Crippen LogP contribution in [-0.4, -0.2) is 29.8 Å². The molecule has 1 saturated carbocycles. The molecule has 4 nitrogen and oxygen atoms in total. The summed E-state index contributed by atoms with van der Waals surface area (Å²) in [6, 6.07) is 4.03. The van der Waals surface area contributed by atoms with Crippen molar-refractivity contribution in [3.8, 4) is 5.75 Å². The largest absolute Gasteiger partial charge is 0.483 e. The van der Waals surface area contributed by atoms with Crippen LogP contribution in [-0.2, 0) is 4.79 Å². The summed E-state index contributed by atoms with van der Waals surface area (Å²) < 4.78 is 18.5. The summed E-state index contributed by atoms with van der Waals surface area (Å²) in [7, 11) is 0. The SMILES string of the molecule is O=C(COc1ccc(F)cc1Br)NC1CC(O)C1. The number of aliphatic hydroxyl groups is 1. The Morgan fingerprint density at radius 3 is 2.89 bits per heavy atom. The molecule has 2 N–H and O–H groups in total. The van der Waals surface area contributed by atoms with Crippen molar-refractivity contribution in [3.63, 3.8) is 0 Å². The molecule has 0 aliphatic heterocycles. The van der Waals surface area contributed by atoms with E-state index in [9.17, 15) is 9.18 Å². The van der Waals surface area contributed by atoms with Crippen molar-refractivity contribution < 1.29 is 19.0 Å². The molecule has 0 saturated heterocycles. The summed E-state index contributed by atoms with van der Waals surface area (Å²) in [5.41, 5.74) is 0. The molecule has 6 heteroatoms. The summed E-state index contributed by atoms with van der Waals surface area (Å²) >= 11 is 3.15. The number of halogens is 2. The highest BCUT2D eigenvalue weighted by atomic mass is 79.9. The molecule has 1 aliphatic carbocycles. The average Bonchev–Trinajstić information content (AvgIpc) is 2.26. The number of benzene rings is 1. The summed E-state index contributed by atoms with van der Waals surface area (Å²) in [4.78, 5) is 11.5. The third kappa shape index (κ3) is 3.43. The van der Waals surface area contributed by atoms with Gasteiger partial charge >= 0.3 is 0 Å². The Morgan fingerprint density at radius 1 is 1.56 bits per heavy atom. The van der Waals surface area contributed by atoms with Crippen LogP contribution >= 0.6 is 15.9 Å². The molecule has 1 aromatic rings. The Kier molecular flexibility index (Phi) is 4.19. The summed E-state index contributed by atoms with van der Waals surface area (Å²) in [6.45, 7) is -0.128. The number of amides is 1. The Morgan fingerprint density at radius 2 is 2.28 bits per heavy atom. The minimum absolute atomic E-state index is 0.0350. The van der Waals surface area contributed by atoms with E-state index in [1.807, 2.05) is 0 Å². The fourth-order valence-electron chi connectivity index (χ4n) is 1.71. The second-order valence-electron chi connectivity index (χ2n) is 4.25. The number of carbonyl (C=O) groups is 1. The zero-order valence-corrected chi connectivity index (χ0v) is 11.1. The molecule has 98 valence electrons. The van der Waals surface area contributed by atoms with Crippen molar-refractivity contribution >= 4 is 21.8 Å². The van der Waals surface area contributed by atoms with Gasteiger partial charge in [-0.3, -0.25) is 4.79 Å². The van der Waals surface area contributed by atoms with E-state index in [-0.39, 0.29) is 30.5 Å². The van der Waals surface area contributed by atoms with Gasteiger partial charge in [0.25, 0.3) is 5.91 Å². The maximum atomic E-state index is 12.8.